The smallest absolute Gasteiger partial charge is 0.324 e. The number of benzene rings is 1. The average molecular weight is 577 g/mol. The van der Waals surface area contributed by atoms with E-state index < -0.39 is 17.6 Å². The topological polar surface area (TPSA) is 90.5 Å². The molecule has 2 N–H and O–H groups in total. The number of pyridine rings is 2. The molecule has 3 heterocycles. The van der Waals surface area contributed by atoms with Gasteiger partial charge in [-0.15, -0.1) is 0 Å². The Balaban J connectivity index is 1.26. The number of hydrogen-bond acceptors (Lipinski definition) is 6. The van der Waals surface area contributed by atoms with Crippen molar-refractivity contribution < 1.29 is 22.8 Å². The number of amides is 2. The first-order valence-electron chi connectivity index (χ1n) is 13.9. The molecule has 1 aromatic carbocycles. The highest BCUT2D eigenvalue weighted by Crippen LogP contribution is 2.34. The summed E-state index contributed by atoms with van der Waals surface area (Å²) in [6.07, 6.45) is 1.76. The zero-order chi connectivity index (χ0) is 29.7. The Hall–Kier alpha value is -4.27. The van der Waals surface area contributed by atoms with E-state index in [0.29, 0.717) is 29.9 Å². The van der Waals surface area contributed by atoms with Crippen molar-refractivity contribution in [2.45, 2.75) is 32.5 Å². The summed E-state index contributed by atoms with van der Waals surface area (Å²) in [5.41, 5.74) is 0.885. The molecule has 0 unspecified atom stereocenters. The molecule has 1 saturated heterocycles. The number of carbonyl (C=O) groups is 2. The molecule has 218 valence electrons. The molecule has 2 fully saturated rings. The maximum Gasteiger partial charge on any atom is 0.416 e. The molecule has 0 atom stereocenters. The van der Waals surface area contributed by atoms with Gasteiger partial charge in [0.25, 0.3) is 5.91 Å². The summed E-state index contributed by atoms with van der Waals surface area (Å²) in [6, 6.07) is 8.59. The van der Waals surface area contributed by atoms with Gasteiger partial charge >= 0.3 is 6.18 Å². The highest BCUT2D eigenvalue weighted by molar-refractivity contribution is 6.04. The van der Waals surface area contributed by atoms with E-state index in [1.807, 2.05) is 4.90 Å². The Morgan fingerprint density at radius 3 is 2.40 bits per heavy atom. The van der Waals surface area contributed by atoms with Gasteiger partial charge in [0.1, 0.15) is 5.82 Å². The largest absolute Gasteiger partial charge is 0.416 e. The lowest BCUT2D eigenvalue weighted by Crippen LogP contribution is -2.45. The van der Waals surface area contributed by atoms with E-state index in [0.717, 1.165) is 38.5 Å². The van der Waals surface area contributed by atoms with Crippen LogP contribution < -0.4 is 10.6 Å². The van der Waals surface area contributed by atoms with Gasteiger partial charge in [0, 0.05) is 67.7 Å². The molecule has 5 rings (SSSR count). The van der Waals surface area contributed by atoms with Gasteiger partial charge in [-0.3, -0.25) is 19.5 Å². The highest BCUT2D eigenvalue weighted by Gasteiger charge is 2.35. The normalized spacial score (nSPS) is 15.9. The van der Waals surface area contributed by atoms with Crippen molar-refractivity contribution in [1.29, 1.82) is 0 Å². The summed E-state index contributed by atoms with van der Waals surface area (Å²) in [4.78, 5) is 37.4. The molecular weight excluding hydrogens is 545 g/mol. The molecule has 1 aliphatic heterocycles. The Bertz CT molecular complexity index is 1520. The van der Waals surface area contributed by atoms with Crippen LogP contribution in [-0.4, -0.2) is 64.3 Å². The predicted octanol–water partition coefficient (Wildman–Crippen LogP) is 4.63. The number of nitrogens with one attached hydrogen (secondary N) is 2. The molecule has 42 heavy (non-hydrogen) atoms. The van der Waals surface area contributed by atoms with Crippen LogP contribution in [0.3, 0.4) is 0 Å². The molecule has 2 aromatic heterocycles. The van der Waals surface area contributed by atoms with Gasteiger partial charge in [-0.1, -0.05) is 24.8 Å². The van der Waals surface area contributed by atoms with Crippen molar-refractivity contribution in [3.8, 4) is 11.8 Å². The van der Waals surface area contributed by atoms with Crippen molar-refractivity contribution in [1.82, 2.24) is 19.8 Å². The lowest BCUT2D eigenvalue weighted by Gasteiger charge is -2.34. The molecule has 2 amide bonds. The minimum atomic E-state index is -4.60. The Morgan fingerprint density at radius 2 is 1.69 bits per heavy atom. The lowest BCUT2D eigenvalue weighted by atomic mass is 10.0. The van der Waals surface area contributed by atoms with E-state index in [1.165, 1.54) is 24.4 Å². The number of anilines is 2. The Kier molecular flexibility index (Phi) is 8.85. The van der Waals surface area contributed by atoms with Gasteiger partial charge in [0.15, 0.2) is 0 Å². The van der Waals surface area contributed by atoms with E-state index >= 15 is 0 Å². The van der Waals surface area contributed by atoms with Gasteiger partial charge in [0.05, 0.1) is 17.4 Å². The van der Waals surface area contributed by atoms with E-state index in [-0.39, 0.29) is 35.3 Å². The summed E-state index contributed by atoms with van der Waals surface area (Å²) < 4.78 is 41.9. The summed E-state index contributed by atoms with van der Waals surface area (Å²) in [5.74, 6) is 5.41. The quantitative estimate of drug-likeness (QED) is 0.399. The van der Waals surface area contributed by atoms with E-state index in [2.05, 4.69) is 44.3 Å². The van der Waals surface area contributed by atoms with Crippen LogP contribution in [0.2, 0.25) is 0 Å². The molecule has 1 saturated carbocycles. The molecule has 8 nitrogen and oxygen atoms in total. The van der Waals surface area contributed by atoms with Crippen molar-refractivity contribution >= 4 is 23.3 Å². The van der Waals surface area contributed by atoms with Gasteiger partial charge in [0.2, 0.25) is 5.91 Å². The molecule has 11 heteroatoms. The van der Waals surface area contributed by atoms with Gasteiger partial charge in [-0.25, -0.2) is 4.98 Å². The van der Waals surface area contributed by atoms with Crippen LogP contribution in [0.5, 0.6) is 0 Å². The SMILES string of the molecule is CCN1CCN(Cc2ccc(C(=O)Nc3cc(C#Cc4cncc(NC(=O)C5CC5)c4)ccn3)cc2C(F)(F)F)CC1. The van der Waals surface area contributed by atoms with Crippen LogP contribution in [0.4, 0.5) is 24.7 Å². The minimum Gasteiger partial charge on any atom is -0.324 e. The van der Waals surface area contributed by atoms with Gasteiger partial charge in [-0.05, 0) is 55.3 Å². The standard InChI is InChI=1S/C31H31F3N6O2/c1-2-39-11-13-40(14-12-39)20-25-8-7-24(17-27(25)31(32,33)34)30(42)38-28-16-21(9-10-36-28)3-4-22-15-26(19-35-18-22)37-29(41)23-5-6-23/h7-10,15-19,23H,2,5-6,11-14,20H2,1H3,(H,37,41)(H,36,38,42). The molecule has 3 aromatic rings. The van der Waals surface area contributed by atoms with Crippen LogP contribution in [0, 0.1) is 17.8 Å². The fraction of sp³-hybridized carbons (Fsp3) is 0.355. The predicted molar refractivity (Wildman–Crippen MR) is 153 cm³/mol. The molecule has 2 aliphatic rings. The molecule has 0 spiro atoms. The zero-order valence-electron chi connectivity index (χ0n) is 23.2. The minimum absolute atomic E-state index is 0.0288. The lowest BCUT2D eigenvalue weighted by molar-refractivity contribution is -0.138. The number of alkyl halides is 3. The maximum absolute atomic E-state index is 14.0. The number of carbonyl (C=O) groups excluding carboxylic acids is 2. The number of piperazine rings is 1. The van der Waals surface area contributed by atoms with Crippen LogP contribution in [-0.2, 0) is 17.5 Å². The highest BCUT2D eigenvalue weighted by atomic mass is 19.4. The van der Waals surface area contributed by atoms with Crippen LogP contribution in [0.1, 0.15) is 52.4 Å². The first-order chi connectivity index (χ1) is 20.2. The van der Waals surface area contributed by atoms with Crippen molar-refractivity contribution in [3.63, 3.8) is 0 Å². The number of aromatic nitrogens is 2. The number of halogens is 3. The first-order valence-corrected chi connectivity index (χ1v) is 13.9. The molecule has 1 aliphatic carbocycles. The number of nitrogens with zero attached hydrogens (tertiary/aromatic N) is 4. The first kappa shape index (κ1) is 29.2. The molecule has 0 bridgehead atoms. The Labute approximate surface area is 242 Å². The third-order valence-corrected chi connectivity index (χ3v) is 7.29. The summed E-state index contributed by atoms with van der Waals surface area (Å²) in [5, 5.41) is 5.40. The third-order valence-electron chi connectivity index (χ3n) is 7.29. The summed E-state index contributed by atoms with van der Waals surface area (Å²) >= 11 is 0. The number of likely N-dealkylation sites (N-methyl/N-ethyl adjacent to an activating group) is 1. The second kappa shape index (κ2) is 12.7. The van der Waals surface area contributed by atoms with E-state index in [1.54, 1.807) is 24.5 Å². The number of rotatable bonds is 7. The zero-order valence-corrected chi connectivity index (χ0v) is 23.2. The second-order valence-electron chi connectivity index (χ2n) is 10.4. The van der Waals surface area contributed by atoms with Crippen molar-refractivity contribution in [2.24, 2.45) is 5.92 Å². The maximum atomic E-state index is 14.0. The van der Waals surface area contributed by atoms with Crippen LogP contribution >= 0.6 is 0 Å². The monoisotopic (exact) mass is 576 g/mol. The van der Waals surface area contributed by atoms with Crippen molar-refractivity contribution in [3.05, 3.63) is 82.8 Å². The molecule has 0 radical (unpaired) electrons. The fourth-order valence-electron chi connectivity index (χ4n) is 4.70. The van der Waals surface area contributed by atoms with Gasteiger partial charge < -0.3 is 15.5 Å². The van der Waals surface area contributed by atoms with E-state index in [9.17, 15) is 22.8 Å². The summed E-state index contributed by atoms with van der Waals surface area (Å²) in [7, 11) is 0. The average Bonchev–Trinajstić information content (AvgIpc) is 3.83. The third kappa shape index (κ3) is 7.72. The van der Waals surface area contributed by atoms with Crippen LogP contribution in [0.25, 0.3) is 0 Å². The Morgan fingerprint density at radius 1 is 0.952 bits per heavy atom. The fourth-order valence-corrected chi connectivity index (χ4v) is 4.70. The van der Waals surface area contributed by atoms with E-state index in [4.69, 9.17) is 0 Å². The van der Waals surface area contributed by atoms with Crippen LogP contribution in [0.15, 0.2) is 55.0 Å². The summed E-state index contributed by atoms with van der Waals surface area (Å²) in [6.45, 7) is 6.17. The van der Waals surface area contributed by atoms with Crippen molar-refractivity contribution in [2.75, 3.05) is 43.4 Å². The second-order valence-corrected chi connectivity index (χ2v) is 10.4. The van der Waals surface area contributed by atoms with Gasteiger partial charge in [-0.2, -0.15) is 13.2 Å². The molecular formula is C31H31F3N6O2. The number of hydrogen-bond donors (Lipinski definition) is 2.